The van der Waals surface area contributed by atoms with Crippen molar-refractivity contribution in [2.45, 2.75) is 45.6 Å². The molecule has 1 aromatic carbocycles. The highest BCUT2D eigenvalue weighted by Gasteiger charge is 2.22. The first-order chi connectivity index (χ1) is 14.0. The molecular weight excluding hydrogens is 386 g/mol. The Balaban J connectivity index is 1.35. The number of fused-ring (bicyclic) bond motifs is 1. The number of carbonyl (C=O) groups is 3. The molecule has 0 unspecified atom stereocenters. The number of nitrogens with one attached hydrogen (secondary N) is 2. The van der Waals surface area contributed by atoms with Crippen molar-refractivity contribution in [3.63, 3.8) is 0 Å². The molecule has 6 nitrogen and oxygen atoms in total. The fourth-order valence-corrected chi connectivity index (χ4v) is 5.07. The molecule has 1 fully saturated rings. The number of rotatable bonds is 4. The van der Waals surface area contributed by atoms with E-state index in [4.69, 9.17) is 0 Å². The topological polar surface area (TPSA) is 78.5 Å². The van der Waals surface area contributed by atoms with Crippen molar-refractivity contribution in [3.8, 4) is 0 Å². The third-order valence-corrected chi connectivity index (χ3v) is 6.81. The zero-order chi connectivity index (χ0) is 20.4. The fraction of sp³-hybridized carbons (Fsp3) is 0.409. The Morgan fingerprint density at radius 3 is 2.79 bits per heavy atom. The minimum atomic E-state index is -0.372. The van der Waals surface area contributed by atoms with E-state index in [9.17, 15) is 14.4 Å². The third-order valence-electron chi connectivity index (χ3n) is 5.58. The van der Waals surface area contributed by atoms with Crippen molar-refractivity contribution < 1.29 is 14.4 Å². The Kier molecular flexibility index (Phi) is 5.67. The van der Waals surface area contributed by atoms with Gasteiger partial charge in [-0.2, -0.15) is 0 Å². The van der Waals surface area contributed by atoms with Crippen LogP contribution in [-0.2, 0) is 24.2 Å². The Bertz CT molecular complexity index is 953. The van der Waals surface area contributed by atoms with Gasteiger partial charge in [0.25, 0.3) is 11.8 Å². The van der Waals surface area contributed by atoms with E-state index in [0.29, 0.717) is 29.3 Å². The van der Waals surface area contributed by atoms with Crippen molar-refractivity contribution in [1.29, 1.82) is 0 Å². The quantitative estimate of drug-likeness (QED) is 0.759. The second-order valence-corrected chi connectivity index (χ2v) is 9.07. The van der Waals surface area contributed by atoms with Crippen molar-refractivity contribution in [3.05, 3.63) is 56.8 Å². The zero-order valence-electron chi connectivity index (χ0n) is 16.5. The number of amides is 3. The van der Waals surface area contributed by atoms with E-state index in [1.165, 1.54) is 21.8 Å². The summed E-state index contributed by atoms with van der Waals surface area (Å²) in [5, 5.41) is 0. The van der Waals surface area contributed by atoms with Gasteiger partial charge in [-0.05, 0) is 60.9 Å². The van der Waals surface area contributed by atoms with E-state index in [0.717, 1.165) is 37.8 Å². The Morgan fingerprint density at radius 1 is 1.17 bits per heavy atom. The van der Waals surface area contributed by atoms with E-state index in [-0.39, 0.29) is 17.7 Å². The van der Waals surface area contributed by atoms with Gasteiger partial charge in [0, 0.05) is 30.0 Å². The molecule has 0 radical (unpaired) electrons. The molecule has 1 atom stereocenters. The first-order valence-electron chi connectivity index (χ1n) is 10.1. The van der Waals surface area contributed by atoms with Crippen LogP contribution in [0.25, 0.3) is 0 Å². The summed E-state index contributed by atoms with van der Waals surface area (Å²) in [6, 6.07) is 9.10. The maximum absolute atomic E-state index is 12.5. The molecule has 152 valence electrons. The van der Waals surface area contributed by atoms with Gasteiger partial charge in [-0.3, -0.25) is 25.2 Å². The summed E-state index contributed by atoms with van der Waals surface area (Å²) in [7, 11) is 0. The van der Waals surface area contributed by atoms with Gasteiger partial charge in [0.1, 0.15) is 0 Å². The molecule has 1 aliphatic carbocycles. The second kappa shape index (κ2) is 8.37. The SMILES string of the molecule is C[C@@H]1CCc2sc(C(=O)NNC(=O)c3cccc(CN4CCCC4=O)c3)cc2C1. The molecule has 1 aliphatic heterocycles. The summed E-state index contributed by atoms with van der Waals surface area (Å²) in [6.07, 6.45) is 4.67. The number of thiophene rings is 1. The fourth-order valence-electron chi connectivity index (χ4n) is 3.97. The lowest BCUT2D eigenvalue weighted by molar-refractivity contribution is -0.128. The van der Waals surface area contributed by atoms with E-state index in [2.05, 4.69) is 17.8 Å². The van der Waals surface area contributed by atoms with Gasteiger partial charge in [-0.25, -0.2) is 0 Å². The minimum Gasteiger partial charge on any atom is -0.338 e. The first-order valence-corrected chi connectivity index (χ1v) is 10.9. The van der Waals surface area contributed by atoms with E-state index in [1.54, 1.807) is 23.1 Å². The van der Waals surface area contributed by atoms with Crippen LogP contribution in [0.5, 0.6) is 0 Å². The average Bonchev–Trinajstić information content (AvgIpc) is 3.32. The molecule has 1 saturated heterocycles. The summed E-state index contributed by atoms with van der Waals surface area (Å²) >= 11 is 1.51. The Hall–Kier alpha value is -2.67. The van der Waals surface area contributed by atoms with E-state index in [1.807, 2.05) is 12.1 Å². The predicted molar refractivity (Wildman–Crippen MR) is 112 cm³/mol. The van der Waals surface area contributed by atoms with Gasteiger partial charge in [0.05, 0.1) is 4.88 Å². The highest BCUT2D eigenvalue weighted by Crippen LogP contribution is 2.32. The molecule has 3 amide bonds. The van der Waals surface area contributed by atoms with Crippen molar-refractivity contribution in [2.75, 3.05) is 6.54 Å². The first kappa shape index (κ1) is 19.6. The van der Waals surface area contributed by atoms with Crippen LogP contribution in [0.15, 0.2) is 30.3 Å². The molecule has 2 aliphatic rings. The van der Waals surface area contributed by atoms with Gasteiger partial charge in [0.15, 0.2) is 0 Å². The second-order valence-electron chi connectivity index (χ2n) is 7.93. The van der Waals surface area contributed by atoms with Gasteiger partial charge < -0.3 is 4.90 Å². The molecule has 7 heteroatoms. The van der Waals surface area contributed by atoms with Crippen molar-refractivity contribution >= 4 is 29.1 Å². The van der Waals surface area contributed by atoms with Crippen LogP contribution in [0, 0.1) is 5.92 Å². The molecule has 1 aromatic heterocycles. The molecular formula is C22H25N3O3S. The van der Waals surface area contributed by atoms with Crippen LogP contribution in [0.4, 0.5) is 0 Å². The maximum atomic E-state index is 12.5. The highest BCUT2D eigenvalue weighted by atomic mass is 32.1. The summed E-state index contributed by atoms with van der Waals surface area (Å²) < 4.78 is 0. The number of nitrogens with zero attached hydrogens (tertiary/aromatic N) is 1. The normalized spacial score (nSPS) is 18.4. The van der Waals surface area contributed by atoms with Gasteiger partial charge in [0.2, 0.25) is 5.91 Å². The van der Waals surface area contributed by atoms with Gasteiger partial charge >= 0.3 is 0 Å². The molecule has 2 N–H and O–H groups in total. The summed E-state index contributed by atoms with van der Waals surface area (Å²) in [5.74, 6) is 0.142. The number of hydrazine groups is 1. The van der Waals surface area contributed by atoms with Crippen LogP contribution in [0.3, 0.4) is 0 Å². The van der Waals surface area contributed by atoms with Crippen LogP contribution >= 0.6 is 11.3 Å². The number of likely N-dealkylation sites (tertiary alicyclic amines) is 1. The lowest BCUT2D eigenvalue weighted by atomic mass is 9.90. The largest absolute Gasteiger partial charge is 0.338 e. The Labute approximate surface area is 174 Å². The highest BCUT2D eigenvalue weighted by molar-refractivity contribution is 7.14. The maximum Gasteiger partial charge on any atom is 0.279 e. The molecule has 0 saturated carbocycles. The van der Waals surface area contributed by atoms with Crippen molar-refractivity contribution in [1.82, 2.24) is 15.8 Å². The lowest BCUT2D eigenvalue weighted by Crippen LogP contribution is -2.41. The lowest BCUT2D eigenvalue weighted by Gasteiger charge is -2.16. The molecule has 2 aromatic rings. The van der Waals surface area contributed by atoms with E-state index >= 15 is 0 Å². The average molecular weight is 412 g/mol. The standard InChI is InChI=1S/C22H25N3O3S/c1-14-7-8-18-17(10-14)12-19(29-18)22(28)24-23-21(27)16-5-2-4-15(11-16)13-25-9-3-6-20(25)26/h2,4-5,11-12,14H,3,6-10,13H2,1H3,(H,23,27)(H,24,28)/t14-/m1/s1. The Morgan fingerprint density at radius 2 is 2.00 bits per heavy atom. The number of carbonyl (C=O) groups excluding carboxylic acids is 3. The zero-order valence-corrected chi connectivity index (χ0v) is 17.3. The van der Waals surface area contributed by atoms with Gasteiger partial charge in [-0.15, -0.1) is 11.3 Å². The minimum absolute atomic E-state index is 0.153. The molecule has 4 rings (SSSR count). The molecule has 0 spiro atoms. The van der Waals surface area contributed by atoms with Crippen LogP contribution in [-0.4, -0.2) is 29.2 Å². The van der Waals surface area contributed by atoms with Crippen LogP contribution in [0.2, 0.25) is 0 Å². The monoisotopic (exact) mass is 411 g/mol. The van der Waals surface area contributed by atoms with Crippen molar-refractivity contribution in [2.24, 2.45) is 5.92 Å². The number of hydrogen-bond acceptors (Lipinski definition) is 4. The third kappa shape index (κ3) is 4.50. The van der Waals surface area contributed by atoms with Crippen LogP contribution in [0.1, 0.15) is 62.2 Å². The number of benzene rings is 1. The number of aryl methyl sites for hydroxylation is 1. The summed E-state index contributed by atoms with van der Waals surface area (Å²) in [5.41, 5.74) is 7.64. The molecule has 2 heterocycles. The summed E-state index contributed by atoms with van der Waals surface area (Å²) in [6.45, 7) is 3.49. The van der Waals surface area contributed by atoms with E-state index < -0.39 is 0 Å². The number of hydrogen-bond donors (Lipinski definition) is 2. The summed E-state index contributed by atoms with van der Waals surface area (Å²) in [4.78, 5) is 40.4. The molecule has 29 heavy (non-hydrogen) atoms. The van der Waals surface area contributed by atoms with Crippen LogP contribution < -0.4 is 10.9 Å². The predicted octanol–water partition coefficient (Wildman–Crippen LogP) is 3.07. The smallest absolute Gasteiger partial charge is 0.279 e. The molecule has 0 bridgehead atoms. The van der Waals surface area contributed by atoms with Gasteiger partial charge in [-0.1, -0.05) is 19.1 Å².